The molecular formula is C9H7BrClN3. The fraction of sp³-hybridized carbons (Fsp3) is 0.333. The zero-order chi connectivity index (χ0) is 9.71. The second kappa shape index (κ2) is 2.94. The number of hydrogen-bond acceptors (Lipinski definition) is 2. The Balaban J connectivity index is 2.22. The second-order valence-electron chi connectivity index (χ2n) is 3.51. The molecule has 1 aliphatic carbocycles. The van der Waals surface area contributed by atoms with Crippen LogP contribution >= 0.6 is 27.5 Å². The van der Waals surface area contributed by atoms with E-state index >= 15 is 0 Å². The fourth-order valence-corrected chi connectivity index (χ4v) is 1.89. The maximum atomic E-state index is 5.97. The second-order valence-corrected chi connectivity index (χ2v) is 4.77. The highest BCUT2D eigenvalue weighted by atomic mass is 79.9. The van der Waals surface area contributed by atoms with Crippen LogP contribution < -0.4 is 0 Å². The lowest BCUT2D eigenvalue weighted by atomic mass is 10.3. The molecule has 1 aromatic heterocycles. The summed E-state index contributed by atoms with van der Waals surface area (Å²) in [6.45, 7) is 0. The van der Waals surface area contributed by atoms with Gasteiger partial charge in [-0.2, -0.15) is 15.0 Å². The molecule has 14 heavy (non-hydrogen) atoms. The van der Waals surface area contributed by atoms with Gasteiger partial charge in [-0.25, -0.2) is 0 Å². The summed E-state index contributed by atoms with van der Waals surface area (Å²) in [5.74, 6) is 0. The van der Waals surface area contributed by atoms with Gasteiger partial charge < -0.3 is 0 Å². The van der Waals surface area contributed by atoms with Crippen molar-refractivity contribution >= 4 is 38.6 Å². The van der Waals surface area contributed by atoms with Gasteiger partial charge in [0.05, 0.1) is 11.1 Å². The molecule has 0 atom stereocenters. The Morgan fingerprint density at radius 3 is 2.57 bits per heavy atom. The van der Waals surface area contributed by atoms with Gasteiger partial charge >= 0.3 is 0 Å². The van der Waals surface area contributed by atoms with Gasteiger partial charge in [0.1, 0.15) is 11.0 Å². The van der Waals surface area contributed by atoms with Gasteiger partial charge in [0.2, 0.25) is 0 Å². The number of rotatable bonds is 1. The van der Waals surface area contributed by atoms with Crippen molar-refractivity contribution in [2.45, 2.75) is 18.9 Å². The van der Waals surface area contributed by atoms with Gasteiger partial charge in [-0.1, -0.05) is 11.6 Å². The van der Waals surface area contributed by atoms with Gasteiger partial charge in [-0.3, -0.25) is 0 Å². The van der Waals surface area contributed by atoms with Crippen molar-refractivity contribution in [3.05, 3.63) is 21.6 Å². The summed E-state index contributed by atoms with van der Waals surface area (Å²) in [4.78, 5) is 1.80. The average molecular weight is 273 g/mol. The summed E-state index contributed by atoms with van der Waals surface area (Å²) in [7, 11) is 0. The monoisotopic (exact) mass is 271 g/mol. The number of aromatic nitrogens is 3. The van der Waals surface area contributed by atoms with E-state index in [1.165, 1.54) is 12.8 Å². The molecule has 1 saturated carbocycles. The van der Waals surface area contributed by atoms with Crippen molar-refractivity contribution in [3.8, 4) is 0 Å². The Hall–Kier alpha value is -0.610. The van der Waals surface area contributed by atoms with Crippen LogP contribution in [-0.4, -0.2) is 15.0 Å². The van der Waals surface area contributed by atoms with Gasteiger partial charge in [-0.15, -0.1) is 0 Å². The third kappa shape index (κ3) is 1.33. The summed E-state index contributed by atoms with van der Waals surface area (Å²) in [5.41, 5.74) is 1.76. The largest absolute Gasteiger partial charge is 0.181 e. The Kier molecular flexibility index (Phi) is 1.82. The van der Waals surface area contributed by atoms with Crippen LogP contribution in [0.5, 0.6) is 0 Å². The summed E-state index contributed by atoms with van der Waals surface area (Å²) < 4.78 is 0.870. The molecule has 1 aromatic carbocycles. The molecule has 1 heterocycles. The van der Waals surface area contributed by atoms with Crippen LogP contribution in [0.25, 0.3) is 11.0 Å². The molecule has 3 nitrogen and oxygen atoms in total. The third-order valence-electron chi connectivity index (χ3n) is 2.31. The van der Waals surface area contributed by atoms with Gasteiger partial charge in [0.25, 0.3) is 0 Å². The van der Waals surface area contributed by atoms with Crippen LogP contribution in [0.4, 0.5) is 0 Å². The van der Waals surface area contributed by atoms with Crippen LogP contribution in [0.3, 0.4) is 0 Å². The third-order valence-corrected chi connectivity index (χ3v) is 3.51. The van der Waals surface area contributed by atoms with Crippen molar-refractivity contribution in [2.24, 2.45) is 0 Å². The molecular weight excluding hydrogens is 265 g/mol. The molecule has 0 aliphatic heterocycles. The van der Waals surface area contributed by atoms with E-state index in [-0.39, 0.29) is 0 Å². The van der Waals surface area contributed by atoms with Gasteiger partial charge in [0, 0.05) is 4.47 Å². The number of benzene rings is 1. The molecule has 0 unspecified atom stereocenters. The first-order valence-electron chi connectivity index (χ1n) is 4.45. The SMILES string of the molecule is Clc1cc2nn(C3CC3)nc2cc1Br. The lowest BCUT2D eigenvalue weighted by Gasteiger charge is -1.91. The molecule has 0 bridgehead atoms. The molecule has 1 aliphatic rings. The van der Waals surface area contributed by atoms with Crippen LogP contribution in [0.15, 0.2) is 16.6 Å². The quantitative estimate of drug-likeness (QED) is 0.798. The molecule has 2 aromatic rings. The van der Waals surface area contributed by atoms with Gasteiger partial charge in [0.15, 0.2) is 0 Å². The Morgan fingerprint density at radius 1 is 1.29 bits per heavy atom. The molecule has 0 radical (unpaired) electrons. The molecule has 0 N–H and O–H groups in total. The van der Waals surface area contributed by atoms with E-state index in [0.717, 1.165) is 15.5 Å². The van der Waals surface area contributed by atoms with Crippen molar-refractivity contribution in [1.29, 1.82) is 0 Å². The highest BCUT2D eigenvalue weighted by Gasteiger charge is 2.26. The van der Waals surface area contributed by atoms with E-state index in [9.17, 15) is 0 Å². The Bertz CT molecular complexity index is 465. The molecule has 5 heteroatoms. The van der Waals surface area contributed by atoms with E-state index in [1.54, 1.807) is 4.80 Å². The van der Waals surface area contributed by atoms with Crippen molar-refractivity contribution in [2.75, 3.05) is 0 Å². The lowest BCUT2D eigenvalue weighted by Crippen LogP contribution is -1.97. The summed E-state index contributed by atoms with van der Waals surface area (Å²) in [6, 6.07) is 4.26. The van der Waals surface area contributed by atoms with Crippen LogP contribution in [0, 0.1) is 0 Å². The maximum absolute atomic E-state index is 5.97. The molecule has 0 amide bonds. The van der Waals surface area contributed by atoms with Crippen LogP contribution in [0.2, 0.25) is 5.02 Å². The average Bonchev–Trinajstić information content (AvgIpc) is 2.90. The van der Waals surface area contributed by atoms with Crippen LogP contribution in [-0.2, 0) is 0 Å². The number of halogens is 2. The molecule has 3 rings (SSSR count). The normalized spacial score (nSPS) is 16.4. The highest BCUT2D eigenvalue weighted by Crippen LogP contribution is 2.34. The Labute approximate surface area is 94.2 Å². The smallest absolute Gasteiger partial charge is 0.114 e. The molecule has 0 saturated heterocycles. The standard InChI is InChI=1S/C9H7BrClN3/c10-6-3-8-9(4-7(6)11)13-14(12-8)5-1-2-5/h3-5H,1-2H2. The van der Waals surface area contributed by atoms with Crippen molar-refractivity contribution < 1.29 is 0 Å². The summed E-state index contributed by atoms with van der Waals surface area (Å²) >= 11 is 9.34. The highest BCUT2D eigenvalue weighted by molar-refractivity contribution is 9.10. The number of fused-ring (bicyclic) bond motifs is 1. The summed E-state index contributed by atoms with van der Waals surface area (Å²) in [6.07, 6.45) is 2.38. The lowest BCUT2D eigenvalue weighted by molar-refractivity contribution is 0.562. The first-order chi connectivity index (χ1) is 6.74. The first-order valence-corrected chi connectivity index (χ1v) is 5.63. The van der Waals surface area contributed by atoms with E-state index in [2.05, 4.69) is 26.1 Å². The summed E-state index contributed by atoms with van der Waals surface area (Å²) in [5, 5.41) is 9.45. The van der Waals surface area contributed by atoms with E-state index in [0.29, 0.717) is 11.1 Å². The number of hydrogen-bond donors (Lipinski definition) is 0. The predicted molar refractivity (Wildman–Crippen MR) is 58.5 cm³/mol. The van der Waals surface area contributed by atoms with E-state index in [1.807, 2.05) is 12.1 Å². The minimum atomic E-state index is 0.514. The zero-order valence-electron chi connectivity index (χ0n) is 7.24. The van der Waals surface area contributed by atoms with Crippen LogP contribution in [0.1, 0.15) is 18.9 Å². The van der Waals surface area contributed by atoms with Gasteiger partial charge in [-0.05, 0) is 40.9 Å². The van der Waals surface area contributed by atoms with Crippen molar-refractivity contribution in [1.82, 2.24) is 15.0 Å². The minimum Gasteiger partial charge on any atom is -0.181 e. The fourth-order valence-electron chi connectivity index (χ4n) is 1.40. The minimum absolute atomic E-state index is 0.514. The van der Waals surface area contributed by atoms with E-state index in [4.69, 9.17) is 11.6 Å². The number of nitrogens with zero attached hydrogens (tertiary/aromatic N) is 3. The predicted octanol–water partition coefficient (Wildman–Crippen LogP) is 3.18. The zero-order valence-corrected chi connectivity index (χ0v) is 9.59. The topological polar surface area (TPSA) is 30.7 Å². The molecule has 1 fully saturated rings. The Morgan fingerprint density at radius 2 is 1.93 bits per heavy atom. The maximum Gasteiger partial charge on any atom is 0.114 e. The molecule has 0 spiro atoms. The molecule has 72 valence electrons. The first kappa shape index (κ1) is 8.68. The van der Waals surface area contributed by atoms with Crippen molar-refractivity contribution in [3.63, 3.8) is 0 Å². The van der Waals surface area contributed by atoms with E-state index < -0.39 is 0 Å².